The van der Waals surface area contributed by atoms with Gasteiger partial charge in [-0.15, -0.1) is 0 Å². The summed E-state index contributed by atoms with van der Waals surface area (Å²) in [7, 11) is 0. The van der Waals surface area contributed by atoms with Crippen molar-refractivity contribution >= 4 is 52.3 Å². The van der Waals surface area contributed by atoms with Gasteiger partial charge < -0.3 is 10.2 Å². The summed E-state index contributed by atoms with van der Waals surface area (Å²) in [4.78, 5) is 16.6. The molecule has 2 aromatic carbocycles. The van der Waals surface area contributed by atoms with Gasteiger partial charge in [0.1, 0.15) is 0 Å². The molecule has 0 bridgehead atoms. The Hall–Kier alpha value is -2.39. The number of hydrogen-bond acceptors (Lipinski definition) is 6. The number of hydrogen-bond donors (Lipinski definition) is 1. The van der Waals surface area contributed by atoms with Crippen LogP contribution in [0.2, 0.25) is 15.1 Å². The van der Waals surface area contributed by atoms with Gasteiger partial charge in [-0.3, -0.25) is 9.69 Å². The Labute approximate surface area is 188 Å². The number of anilines is 2. The van der Waals surface area contributed by atoms with Crippen molar-refractivity contribution in [2.45, 2.75) is 0 Å². The van der Waals surface area contributed by atoms with Crippen molar-refractivity contribution in [3.8, 4) is 5.69 Å². The minimum atomic E-state index is -0.169. The molecule has 1 aromatic heterocycles. The van der Waals surface area contributed by atoms with Gasteiger partial charge in [-0.1, -0.05) is 58.1 Å². The fourth-order valence-electron chi connectivity index (χ4n) is 3.23. The van der Waals surface area contributed by atoms with Crippen LogP contribution in [0, 0.1) is 0 Å². The zero-order valence-corrected chi connectivity index (χ0v) is 18.1. The van der Waals surface area contributed by atoms with Gasteiger partial charge in [-0.25, -0.2) is 0 Å². The van der Waals surface area contributed by atoms with Gasteiger partial charge >= 0.3 is 0 Å². The topological polar surface area (TPSA) is 79.2 Å². The number of aromatic nitrogens is 4. The molecular weight excluding hydrogens is 449 g/mol. The fraction of sp³-hybridized carbons (Fsp3) is 0.263. The third-order valence-corrected chi connectivity index (χ3v) is 5.80. The third kappa shape index (κ3) is 4.67. The lowest BCUT2D eigenvalue weighted by atomic mass is 10.3. The van der Waals surface area contributed by atoms with Crippen LogP contribution < -0.4 is 10.2 Å². The first-order chi connectivity index (χ1) is 14.5. The number of nitrogens with one attached hydrogen (secondary N) is 1. The lowest BCUT2D eigenvalue weighted by Crippen LogP contribution is -2.49. The molecule has 1 amide bonds. The number of nitrogens with zero attached hydrogens (tertiary/aromatic N) is 6. The standard InChI is InChI=1S/C19H18Cl3N7O/c20-14-10-16(22)17(11-15(14)21)23-18(30)12-27-6-8-28(9-7-27)19-24-25-26-29(19)13-4-2-1-3-5-13/h1-5,10-11H,6-9,12H2,(H,23,30). The van der Waals surface area contributed by atoms with Crippen LogP contribution >= 0.6 is 34.8 Å². The second-order valence-corrected chi connectivity index (χ2v) is 8.01. The van der Waals surface area contributed by atoms with Crippen molar-refractivity contribution < 1.29 is 4.79 Å². The molecule has 11 heteroatoms. The average Bonchev–Trinajstić information content (AvgIpc) is 3.23. The minimum Gasteiger partial charge on any atom is -0.337 e. The van der Waals surface area contributed by atoms with Crippen LogP contribution in [0.5, 0.6) is 0 Å². The maximum Gasteiger partial charge on any atom is 0.250 e. The molecule has 156 valence electrons. The van der Waals surface area contributed by atoms with Crippen molar-refractivity contribution in [1.29, 1.82) is 0 Å². The molecule has 0 atom stereocenters. The van der Waals surface area contributed by atoms with Crippen LogP contribution in [0.4, 0.5) is 11.6 Å². The minimum absolute atomic E-state index is 0.169. The molecule has 8 nitrogen and oxygen atoms in total. The molecule has 0 unspecified atom stereocenters. The summed E-state index contributed by atoms with van der Waals surface area (Å²) in [5.74, 6) is 0.519. The lowest BCUT2D eigenvalue weighted by molar-refractivity contribution is -0.117. The van der Waals surface area contributed by atoms with E-state index in [-0.39, 0.29) is 12.5 Å². The van der Waals surface area contributed by atoms with Crippen LogP contribution in [0.3, 0.4) is 0 Å². The van der Waals surface area contributed by atoms with E-state index < -0.39 is 0 Å². The Morgan fingerprint density at radius 2 is 1.67 bits per heavy atom. The number of carbonyl (C=O) groups excluding carboxylic acids is 1. The van der Waals surface area contributed by atoms with Gasteiger partial charge in [0.2, 0.25) is 11.9 Å². The first kappa shape index (κ1) is 20.9. The molecule has 30 heavy (non-hydrogen) atoms. The Kier molecular flexibility index (Phi) is 6.38. The van der Waals surface area contributed by atoms with Gasteiger partial charge in [0.15, 0.2) is 0 Å². The number of piperazine rings is 1. The number of tetrazole rings is 1. The zero-order chi connectivity index (χ0) is 21.1. The Balaban J connectivity index is 1.34. The number of carbonyl (C=O) groups is 1. The van der Waals surface area contributed by atoms with E-state index in [0.717, 1.165) is 5.69 Å². The Morgan fingerprint density at radius 3 is 2.40 bits per heavy atom. The summed E-state index contributed by atoms with van der Waals surface area (Å²) in [5.41, 5.74) is 1.34. The number of benzene rings is 2. The van der Waals surface area contributed by atoms with E-state index in [0.29, 0.717) is 52.9 Å². The van der Waals surface area contributed by atoms with E-state index in [2.05, 4.69) is 30.6 Å². The average molecular weight is 467 g/mol. The van der Waals surface area contributed by atoms with E-state index in [4.69, 9.17) is 34.8 Å². The maximum atomic E-state index is 12.4. The fourth-order valence-corrected chi connectivity index (χ4v) is 3.83. The van der Waals surface area contributed by atoms with E-state index in [1.54, 1.807) is 10.7 Å². The molecule has 3 aromatic rings. The molecule has 1 N–H and O–H groups in total. The number of amides is 1. The molecule has 4 rings (SSSR count). The molecule has 2 heterocycles. The molecule has 1 saturated heterocycles. The predicted octanol–water partition coefficient (Wildman–Crippen LogP) is 3.38. The highest BCUT2D eigenvalue weighted by molar-refractivity contribution is 6.44. The monoisotopic (exact) mass is 465 g/mol. The van der Waals surface area contributed by atoms with E-state index in [1.807, 2.05) is 30.3 Å². The molecule has 1 aliphatic heterocycles. The summed E-state index contributed by atoms with van der Waals surface area (Å²) in [5, 5.41) is 15.9. The zero-order valence-electron chi connectivity index (χ0n) is 15.8. The van der Waals surface area contributed by atoms with Crippen LogP contribution in [0.1, 0.15) is 0 Å². The number of halogens is 3. The summed E-state index contributed by atoms with van der Waals surface area (Å²) in [6, 6.07) is 12.8. The normalized spacial score (nSPS) is 14.7. The van der Waals surface area contributed by atoms with E-state index in [9.17, 15) is 4.79 Å². The van der Waals surface area contributed by atoms with Gasteiger partial charge in [0, 0.05) is 26.2 Å². The highest BCUT2D eigenvalue weighted by atomic mass is 35.5. The molecule has 0 saturated carbocycles. The summed E-state index contributed by atoms with van der Waals surface area (Å²) in [6.07, 6.45) is 0. The molecule has 0 aliphatic carbocycles. The van der Waals surface area contributed by atoms with Gasteiger partial charge in [0.05, 0.1) is 33.0 Å². The maximum absolute atomic E-state index is 12.4. The number of rotatable bonds is 5. The quantitative estimate of drug-likeness (QED) is 0.581. The lowest BCUT2D eigenvalue weighted by Gasteiger charge is -2.34. The molecule has 1 aliphatic rings. The molecule has 0 spiro atoms. The van der Waals surface area contributed by atoms with Gasteiger partial charge in [0.25, 0.3) is 0 Å². The summed E-state index contributed by atoms with van der Waals surface area (Å²) >= 11 is 18.1. The van der Waals surface area contributed by atoms with Crippen LogP contribution in [-0.2, 0) is 4.79 Å². The molecule has 1 fully saturated rings. The highest BCUT2D eigenvalue weighted by Gasteiger charge is 2.23. The third-order valence-electron chi connectivity index (χ3n) is 4.76. The largest absolute Gasteiger partial charge is 0.337 e. The van der Waals surface area contributed by atoms with E-state index >= 15 is 0 Å². The van der Waals surface area contributed by atoms with Crippen molar-refractivity contribution in [3.63, 3.8) is 0 Å². The Bertz CT molecular complexity index is 1040. The Morgan fingerprint density at radius 1 is 0.967 bits per heavy atom. The van der Waals surface area contributed by atoms with Crippen LogP contribution in [-0.4, -0.2) is 63.7 Å². The van der Waals surface area contributed by atoms with Crippen molar-refractivity contribution in [1.82, 2.24) is 25.1 Å². The summed E-state index contributed by atoms with van der Waals surface area (Å²) in [6.45, 7) is 3.05. The second kappa shape index (κ2) is 9.18. The van der Waals surface area contributed by atoms with Crippen LogP contribution in [0.25, 0.3) is 5.69 Å². The van der Waals surface area contributed by atoms with Gasteiger partial charge in [-0.2, -0.15) is 4.68 Å². The smallest absolute Gasteiger partial charge is 0.250 e. The van der Waals surface area contributed by atoms with E-state index in [1.165, 1.54) is 6.07 Å². The van der Waals surface area contributed by atoms with Gasteiger partial charge in [-0.05, 0) is 34.7 Å². The second-order valence-electron chi connectivity index (χ2n) is 6.78. The van der Waals surface area contributed by atoms with Crippen molar-refractivity contribution in [2.75, 3.05) is 42.9 Å². The van der Waals surface area contributed by atoms with Crippen molar-refractivity contribution in [3.05, 3.63) is 57.5 Å². The van der Waals surface area contributed by atoms with Crippen molar-refractivity contribution in [2.24, 2.45) is 0 Å². The summed E-state index contributed by atoms with van der Waals surface area (Å²) < 4.78 is 1.72. The predicted molar refractivity (Wildman–Crippen MR) is 118 cm³/mol. The SMILES string of the molecule is O=C(CN1CCN(c2nnnn2-c2ccccc2)CC1)Nc1cc(Cl)c(Cl)cc1Cl. The van der Waals surface area contributed by atoms with Crippen LogP contribution in [0.15, 0.2) is 42.5 Å². The molecule has 0 radical (unpaired) electrons. The first-order valence-electron chi connectivity index (χ1n) is 9.27. The molecular formula is C19H18Cl3N7O. The highest BCUT2D eigenvalue weighted by Crippen LogP contribution is 2.32. The number of para-hydroxylation sites is 1. The first-order valence-corrected chi connectivity index (χ1v) is 10.4.